The van der Waals surface area contributed by atoms with E-state index in [0.717, 1.165) is 19.5 Å². The van der Waals surface area contributed by atoms with Crippen molar-refractivity contribution in [3.63, 3.8) is 0 Å². The first-order valence-electron chi connectivity index (χ1n) is 4.07. The van der Waals surface area contributed by atoms with Gasteiger partial charge in [-0.1, -0.05) is 6.92 Å². The number of carbonyl (C=O) groups excluding carboxylic acids is 1. The van der Waals surface area contributed by atoms with Gasteiger partial charge in [0.15, 0.2) is 5.78 Å². The summed E-state index contributed by atoms with van der Waals surface area (Å²) in [6, 6.07) is 0. The third-order valence-corrected chi connectivity index (χ3v) is 2.16. The molecule has 1 N–H and O–H groups in total. The van der Waals surface area contributed by atoms with E-state index in [0.29, 0.717) is 11.7 Å². The fourth-order valence-electron chi connectivity index (χ4n) is 1.65. The number of rotatable bonds is 1. The lowest BCUT2D eigenvalue weighted by Gasteiger charge is -2.25. The van der Waals surface area contributed by atoms with E-state index in [4.69, 9.17) is 0 Å². The van der Waals surface area contributed by atoms with Gasteiger partial charge >= 0.3 is 0 Å². The van der Waals surface area contributed by atoms with Crippen LogP contribution in [-0.2, 0) is 4.79 Å². The average Bonchev–Trinajstić information content (AvgIpc) is 1.85. The highest BCUT2D eigenvalue weighted by molar-refractivity contribution is 5.79. The van der Waals surface area contributed by atoms with E-state index in [1.807, 2.05) is 0 Å². The molecule has 1 aliphatic heterocycles. The summed E-state index contributed by atoms with van der Waals surface area (Å²) in [6.45, 7) is 7.34. The zero-order valence-electron chi connectivity index (χ0n) is 6.81. The fraction of sp³-hybridized carbons (Fsp3) is 0.875. The molecule has 10 heavy (non-hydrogen) atoms. The SMILES string of the molecule is CC[NH+]1CC(=O)C[C@H](C)C1. The van der Waals surface area contributed by atoms with Crippen LogP contribution in [0, 0.1) is 5.92 Å². The minimum Gasteiger partial charge on any atom is -0.329 e. The largest absolute Gasteiger partial charge is 0.329 e. The Bertz CT molecular complexity index is 133. The molecule has 0 aromatic rings. The van der Waals surface area contributed by atoms with E-state index in [1.54, 1.807) is 0 Å². The smallest absolute Gasteiger partial charge is 0.187 e. The van der Waals surface area contributed by atoms with Crippen molar-refractivity contribution in [1.29, 1.82) is 0 Å². The number of likely N-dealkylation sites (N-methyl/N-ethyl adjacent to an activating group) is 1. The molecule has 58 valence electrons. The maximum atomic E-state index is 11.0. The van der Waals surface area contributed by atoms with Crippen molar-refractivity contribution in [3.05, 3.63) is 0 Å². The van der Waals surface area contributed by atoms with E-state index in [-0.39, 0.29) is 0 Å². The number of likely N-dealkylation sites (tertiary alicyclic amines) is 1. The summed E-state index contributed by atoms with van der Waals surface area (Å²) in [5, 5.41) is 0. The van der Waals surface area contributed by atoms with Crippen molar-refractivity contribution in [2.45, 2.75) is 20.3 Å². The van der Waals surface area contributed by atoms with Crippen molar-refractivity contribution in [3.8, 4) is 0 Å². The van der Waals surface area contributed by atoms with Crippen LogP contribution in [0.15, 0.2) is 0 Å². The van der Waals surface area contributed by atoms with Gasteiger partial charge in [-0.2, -0.15) is 0 Å². The standard InChI is InChI=1S/C8H15NO/c1-3-9-5-7(2)4-8(10)6-9/h7H,3-6H2,1-2H3/p+1/t7-/m0/s1. The van der Waals surface area contributed by atoms with E-state index in [9.17, 15) is 4.79 Å². The molecule has 0 saturated carbocycles. The minimum absolute atomic E-state index is 0.440. The molecule has 1 rings (SSSR count). The van der Waals surface area contributed by atoms with Crippen LogP contribution in [0.2, 0.25) is 0 Å². The molecule has 0 spiro atoms. The van der Waals surface area contributed by atoms with Crippen LogP contribution in [-0.4, -0.2) is 25.4 Å². The monoisotopic (exact) mass is 142 g/mol. The van der Waals surface area contributed by atoms with Crippen molar-refractivity contribution >= 4 is 5.78 Å². The Hall–Kier alpha value is -0.370. The van der Waals surface area contributed by atoms with Gasteiger partial charge in [0.2, 0.25) is 0 Å². The summed E-state index contributed by atoms with van der Waals surface area (Å²) < 4.78 is 0. The molecule has 1 aliphatic rings. The maximum Gasteiger partial charge on any atom is 0.187 e. The quantitative estimate of drug-likeness (QED) is 0.523. The normalized spacial score (nSPS) is 34.4. The molecule has 0 bridgehead atoms. The minimum atomic E-state index is 0.440. The number of Topliss-reactive ketones (excluding diaryl/α,β-unsaturated/α-hetero) is 1. The Labute approximate surface area is 62.2 Å². The second-order valence-corrected chi connectivity index (χ2v) is 3.33. The van der Waals surface area contributed by atoms with Gasteiger partial charge in [-0.25, -0.2) is 0 Å². The summed E-state index contributed by atoms with van der Waals surface area (Å²) in [6.07, 6.45) is 0.809. The zero-order chi connectivity index (χ0) is 7.56. The number of quaternary nitrogens is 1. The van der Waals surface area contributed by atoms with E-state index in [2.05, 4.69) is 13.8 Å². The second-order valence-electron chi connectivity index (χ2n) is 3.33. The summed E-state index contributed by atoms with van der Waals surface area (Å²) in [5.41, 5.74) is 0. The Balaban J connectivity index is 2.42. The van der Waals surface area contributed by atoms with Crippen LogP contribution in [0.3, 0.4) is 0 Å². The molecule has 1 fully saturated rings. The lowest BCUT2D eigenvalue weighted by atomic mass is 9.99. The van der Waals surface area contributed by atoms with Gasteiger partial charge in [0.1, 0.15) is 6.54 Å². The number of hydrogen-bond donors (Lipinski definition) is 1. The van der Waals surface area contributed by atoms with Crippen LogP contribution >= 0.6 is 0 Å². The second kappa shape index (κ2) is 3.15. The van der Waals surface area contributed by atoms with Gasteiger partial charge in [0.25, 0.3) is 0 Å². The average molecular weight is 142 g/mol. The molecular formula is C8H16NO+. The van der Waals surface area contributed by atoms with Gasteiger partial charge < -0.3 is 4.90 Å². The van der Waals surface area contributed by atoms with Gasteiger partial charge in [0.05, 0.1) is 13.1 Å². The molecular weight excluding hydrogens is 126 g/mol. The predicted molar refractivity (Wildman–Crippen MR) is 40.0 cm³/mol. The lowest BCUT2D eigenvalue weighted by Crippen LogP contribution is -3.14. The van der Waals surface area contributed by atoms with Crippen molar-refractivity contribution in [2.24, 2.45) is 5.92 Å². The molecule has 0 radical (unpaired) electrons. The molecule has 2 atom stereocenters. The summed E-state index contributed by atoms with van der Waals surface area (Å²) >= 11 is 0. The summed E-state index contributed by atoms with van der Waals surface area (Å²) in [4.78, 5) is 12.5. The van der Waals surface area contributed by atoms with Gasteiger partial charge in [-0.15, -0.1) is 0 Å². The van der Waals surface area contributed by atoms with Crippen LogP contribution < -0.4 is 4.90 Å². The number of ketones is 1. The van der Waals surface area contributed by atoms with Crippen molar-refractivity contribution in [1.82, 2.24) is 0 Å². The summed E-state index contributed by atoms with van der Waals surface area (Å²) in [7, 11) is 0. The molecule has 0 aromatic carbocycles. The predicted octanol–water partition coefficient (Wildman–Crippen LogP) is -0.500. The maximum absolute atomic E-state index is 11.0. The number of hydrogen-bond acceptors (Lipinski definition) is 1. The highest BCUT2D eigenvalue weighted by atomic mass is 16.1. The van der Waals surface area contributed by atoms with Gasteiger partial charge in [0, 0.05) is 12.3 Å². The fourth-order valence-corrected chi connectivity index (χ4v) is 1.65. The number of carbonyl (C=O) groups is 1. The molecule has 0 amide bonds. The topological polar surface area (TPSA) is 21.5 Å². The Morgan fingerprint density at radius 1 is 1.70 bits per heavy atom. The highest BCUT2D eigenvalue weighted by Gasteiger charge is 2.23. The first-order chi connectivity index (χ1) is 4.72. The molecule has 2 nitrogen and oxygen atoms in total. The van der Waals surface area contributed by atoms with Crippen LogP contribution in [0.5, 0.6) is 0 Å². The number of nitrogens with one attached hydrogen (secondary N) is 1. The van der Waals surface area contributed by atoms with Gasteiger partial charge in [-0.05, 0) is 6.92 Å². The Kier molecular flexibility index (Phi) is 2.44. The van der Waals surface area contributed by atoms with Gasteiger partial charge in [-0.3, -0.25) is 4.79 Å². The number of piperidine rings is 1. The van der Waals surface area contributed by atoms with Crippen LogP contribution in [0.4, 0.5) is 0 Å². The van der Waals surface area contributed by atoms with Crippen molar-refractivity contribution in [2.75, 3.05) is 19.6 Å². The Morgan fingerprint density at radius 3 is 2.90 bits per heavy atom. The third kappa shape index (κ3) is 1.81. The lowest BCUT2D eigenvalue weighted by molar-refractivity contribution is -0.896. The zero-order valence-corrected chi connectivity index (χ0v) is 6.81. The van der Waals surface area contributed by atoms with Crippen LogP contribution in [0.25, 0.3) is 0 Å². The third-order valence-electron chi connectivity index (χ3n) is 2.16. The molecule has 1 heterocycles. The molecule has 0 aliphatic carbocycles. The van der Waals surface area contributed by atoms with E-state index in [1.165, 1.54) is 11.4 Å². The first kappa shape index (κ1) is 7.73. The van der Waals surface area contributed by atoms with E-state index >= 15 is 0 Å². The Morgan fingerprint density at radius 2 is 2.40 bits per heavy atom. The molecule has 1 unspecified atom stereocenters. The van der Waals surface area contributed by atoms with Crippen molar-refractivity contribution < 1.29 is 9.69 Å². The molecule has 1 saturated heterocycles. The molecule has 2 heteroatoms. The molecule has 0 aromatic heterocycles. The first-order valence-corrected chi connectivity index (χ1v) is 4.07. The van der Waals surface area contributed by atoms with E-state index < -0.39 is 0 Å². The van der Waals surface area contributed by atoms with Crippen LogP contribution in [0.1, 0.15) is 20.3 Å². The highest BCUT2D eigenvalue weighted by Crippen LogP contribution is 2.01. The summed E-state index contributed by atoms with van der Waals surface area (Å²) in [5.74, 6) is 1.05.